The van der Waals surface area contributed by atoms with Crippen LogP contribution in [-0.4, -0.2) is 0 Å². The third kappa shape index (κ3) is 2.81. The molecule has 2 aromatic rings. The zero-order valence-electron chi connectivity index (χ0n) is 10.5. The van der Waals surface area contributed by atoms with Crippen molar-refractivity contribution in [3.8, 4) is 0 Å². The van der Waals surface area contributed by atoms with Gasteiger partial charge in [0, 0.05) is 11.0 Å². The highest BCUT2D eigenvalue weighted by Gasteiger charge is 2.10. The van der Waals surface area contributed by atoms with E-state index in [4.69, 9.17) is 0 Å². The molecule has 0 amide bonds. The summed E-state index contributed by atoms with van der Waals surface area (Å²) in [7, 11) is 0. The maximum absolute atomic E-state index is 13.7. The van der Waals surface area contributed by atoms with Gasteiger partial charge in [-0.25, -0.2) is 4.39 Å². The summed E-state index contributed by atoms with van der Waals surface area (Å²) in [6, 6.07) is 11.7. The largest absolute Gasteiger partial charge is 0.379 e. The predicted molar refractivity (Wildman–Crippen MR) is 79.9 cm³/mol. The molecule has 0 unspecified atom stereocenters. The topological polar surface area (TPSA) is 12.0 Å². The molecule has 0 saturated carbocycles. The van der Waals surface area contributed by atoms with E-state index in [1.165, 1.54) is 42.0 Å². The van der Waals surface area contributed by atoms with Crippen molar-refractivity contribution in [2.45, 2.75) is 25.8 Å². The minimum atomic E-state index is -0.226. The van der Waals surface area contributed by atoms with Gasteiger partial charge in [0.2, 0.25) is 0 Å². The normalized spacial score (nSPS) is 13.4. The molecule has 0 saturated heterocycles. The highest BCUT2D eigenvalue weighted by molar-refractivity contribution is 9.10. The summed E-state index contributed by atoms with van der Waals surface area (Å²) in [6.07, 6.45) is 3.63. The van der Waals surface area contributed by atoms with Crippen LogP contribution in [-0.2, 0) is 19.4 Å². The second-order valence-electron chi connectivity index (χ2n) is 4.93. The van der Waals surface area contributed by atoms with E-state index in [9.17, 15) is 4.39 Å². The average Bonchev–Trinajstić information content (AvgIpc) is 2.85. The average molecular weight is 320 g/mol. The van der Waals surface area contributed by atoms with Gasteiger partial charge in [-0.1, -0.05) is 34.1 Å². The van der Waals surface area contributed by atoms with Gasteiger partial charge in [0.1, 0.15) is 5.82 Å². The lowest BCUT2D eigenvalue weighted by molar-refractivity contribution is 0.629. The molecule has 0 spiro atoms. The van der Waals surface area contributed by atoms with E-state index in [0.29, 0.717) is 12.2 Å². The molecule has 0 atom stereocenters. The molecule has 2 aromatic carbocycles. The molecule has 0 aliphatic heterocycles. The fourth-order valence-electron chi connectivity index (χ4n) is 2.57. The first-order valence-corrected chi connectivity index (χ1v) is 7.31. The number of rotatable bonds is 3. The molecule has 1 aliphatic carbocycles. The Morgan fingerprint density at radius 1 is 1.05 bits per heavy atom. The van der Waals surface area contributed by atoms with E-state index in [2.05, 4.69) is 39.4 Å². The molecule has 3 rings (SSSR count). The van der Waals surface area contributed by atoms with Gasteiger partial charge in [-0.05, 0) is 54.2 Å². The minimum absolute atomic E-state index is 0.226. The van der Waals surface area contributed by atoms with Gasteiger partial charge in [0.25, 0.3) is 0 Å². The number of hydrogen-bond acceptors (Lipinski definition) is 1. The van der Waals surface area contributed by atoms with Crippen LogP contribution >= 0.6 is 15.9 Å². The van der Waals surface area contributed by atoms with Crippen molar-refractivity contribution >= 4 is 21.6 Å². The third-order valence-corrected chi connectivity index (χ3v) is 4.07. The molecule has 3 heteroatoms. The molecule has 19 heavy (non-hydrogen) atoms. The molecule has 0 heterocycles. The summed E-state index contributed by atoms with van der Waals surface area (Å²) in [6.45, 7) is 0.659. The van der Waals surface area contributed by atoms with Gasteiger partial charge >= 0.3 is 0 Å². The Balaban J connectivity index is 1.72. The van der Waals surface area contributed by atoms with Crippen LogP contribution in [0.2, 0.25) is 0 Å². The highest BCUT2D eigenvalue weighted by atomic mass is 79.9. The minimum Gasteiger partial charge on any atom is -0.379 e. The molecule has 0 radical (unpaired) electrons. The molecular formula is C16H15BrFN. The zero-order chi connectivity index (χ0) is 13.2. The van der Waals surface area contributed by atoms with Gasteiger partial charge in [-0.2, -0.15) is 0 Å². The SMILES string of the molecule is Fc1cc(Br)ccc1NCc1ccc2c(c1)CCC2. The van der Waals surface area contributed by atoms with Crippen molar-refractivity contribution in [1.29, 1.82) is 0 Å². The number of benzene rings is 2. The molecule has 0 bridgehead atoms. The molecule has 98 valence electrons. The first-order chi connectivity index (χ1) is 9.22. The Morgan fingerprint density at radius 3 is 2.74 bits per heavy atom. The predicted octanol–water partition coefficient (Wildman–Crippen LogP) is 4.69. The fourth-order valence-corrected chi connectivity index (χ4v) is 2.90. The van der Waals surface area contributed by atoms with Crippen LogP contribution in [0.3, 0.4) is 0 Å². The van der Waals surface area contributed by atoms with Crippen molar-refractivity contribution in [2.75, 3.05) is 5.32 Å². The third-order valence-electron chi connectivity index (χ3n) is 3.58. The summed E-state index contributed by atoms with van der Waals surface area (Å²) in [4.78, 5) is 0. The summed E-state index contributed by atoms with van der Waals surface area (Å²) in [5, 5.41) is 3.15. The summed E-state index contributed by atoms with van der Waals surface area (Å²) in [5.74, 6) is -0.226. The van der Waals surface area contributed by atoms with Crippen LogP contribution in [0.25, 0.3) is 0 Å². The lowest BCUT2D eigenvalue weighted by Gasteiger charge is -2.09. The van der Waals surface area contributed by atoms with E-state index in [-0.39, 0.29) is 5.82 Å². The van der Waals surface area contributed by atoms with Crippen LogP contribution in [0.5, 0.6) is 0 Å². The van der Waals surface area contributed by atoms with Gasteiger partial charge in [-0.15, -0.1) is 0 Å². The van der Waals surface area contributed by atoms with Crippen LogP contribution in [0, 0.1) is 5.82 Å². The van der Waals surface area contributed by atoms with E-state index in [1.807, 2.05) is 6.07 Å². The number of nitrogens with one attached hydrogen (secondary N) is 1. The Hall–Kier alpha value is -1.35. The van der Waals surface area contributed by atoms with Crippen LogP contribution in [0.4, 0.5) is 10.1 Å². The second-order valence-corrected chi connectivity index (χ2v) is 5.85. The van der Waals surface area contributed by atoms with Crippen LogP contribution < -0.4 is 5.32 Å². The maximum atomic E-state index is 13.7. The van der Waals surface area contributed by atoms with Crippen molar-refractivity contribution in [1.82, 2.24) is 0 Å². The van der Waals surface area contributed by atoms with E-state index < -0.39 is 0 Å². The molecular weight excluding hydrogens is 305 g/mol. The maximum Gasteiger partial charge on any atom is 0.147 e. The smallest absolute Gasteiger partial charge is 0.147 e. The fraction of sp³-hybridized carbons (Fsp3) is 0.250. The van der Waals surface area contributed by atoms with Crippen LogP contribution in [0.15, 0.2) is 40.9 Å². The van der Waals surface area contributed by atoms with Gasteiger partial charge < -0.3 is 5.32 Å². The molecule has 1 N–H and O–H groups in total. The lowest BCUT2D eigenvalue weighted by Crippen LogP contribution is -2.02. The molecule has 0 aromatic heterocycles. The first kappa shape index (κ1) is 12.7. The first-order valence-electron chi connectivity index (χ1n) is 6.52. The molecule has 1 aliphatic rings. The van der Waals surface area contributed by atoms with E-state index in [0.717, 1.165) is 4.47 Å². The van der Waals surface area contributed by atoms with Crippen molar-refractivity contribution < 1.29 is 4.39 Å². The zero-order valence-corrected chi connectivity index (χ0v) is 12.1. The van der Waals surface area contributed by atoms with Gasteiger partial charge in [0.15, 0.2) is 0 Å². The van der Waals surface area contributed by atoms with E-state index in [1.54, 1.807) is 6.07 Å². The number of anilines is 1. The number of aryl methyl sites for hydroxylation is 2. The highest BCUT2D eigenvalue weighted by Crippen LogP contribution is 2.24. The van der Waals surface area contributed by atoms with Crippen molar-refractivity contribution in [3.63, 3.8) is 0 Å². The second kappa shape index (κ2) is 5.33. The monoisotopic (exact) mass is 319 g/mol. The molecule has 0 fully saturated rings. The van der Waals surface area contributed by atoms with Crippen molar-refractivity contribution in [3.05, 3.63) is 63.4 Å². The summed E-state index contributed by atoms with van der Waals surface area (Å²) < 4.78 is 14.4. The lowest BCUT2D eigenvalue weighted by atomic mass is 10.1. The van der Waals surface area contributed by atoms with Gasteiger partial charge in [-0.3, -0.25) is 0 Å². The quantitative estimate of drug-likeness (QED) is 0.865. The number of hydrogen-bond donors (Lipinski definition) is 1. The number of fused-ring (bicyclic) bond motifs is 1. The Bertz CT molecular complexity index is 610. The Morgan fingerprint density at radius 2 is 1.89 bits per heavy atom. The van der Waals surface area contributed by atoms with Gasteiger partial charge in [0.05, 0.1) is 5.69 Å². The van der Waals surface area contributed by atoms with Crippen molar-refractivity contribution in [2.24, 2.45) is 0 Å². The summed E-state index contributed by atoms with van der Waals surface area (Å²) >= 11 is 3.26. The number of halogens is 2. The standard InChI is InChI=1S/C16H15BrFN/c17-14-6-7-16(15(18)9-14)19-10-11-4-5-12-2-1-3-13(12)8-11/h4-9,19H,1-3,10H2. The Labute approximate surface area is 121 Å². The molecule has 1 nitrogen and oxygen atoms in total. The van der Waals surface area contributed by atoms with E-state index >= 15 is 0 Å². The summed E-state index contributed by atoms with van der Waals surface area (Å²) in [5.41, 5.74) is 4.68. The van der Waals surface area contributed by atoms with Crippen LogP contribution in [0.1, 0.15) is 23.1 Å². The Kier molecular flexibility index (Phi) is 3.56.